The molecule has 1 aromatic heterocycles. The lowest BCUT2D eigenvalue weighted by atomic mass is 10.00. The third-order valence-corrected chi connectivity index (χ3v) is 3.41. The van der Waals surface area contributed by atoms with Crippen LogP contribution in [0, 0.1) is 6.92 Å². The Morgan fingerprint density at radius 1 is 1.25 bits per heavy atom. The molecule has 3 N–H and O–H groups in total. The maximum absolute atomic E-state index is 5.67. The van der Waals surface area contributed by atoms with Crippen molar-refractivity contribution >= 4 is 0 Å². The van der Waals surface area contributed by atoms with Crippen LogP contribution in [-0.4, -0.2) is 12.1 Å². The molecular weight excluding hydrogens is 250 g/mol. The Bertz CT molecular complexity index is 540. The normalized spacial score (nSPS) is 12.2. The highest BCUT2D eigenvalue weighted by molar-refractivity contribution is 5.27. The van der Waals surface area contributed by atoms with E-state index < -0.39 is 0 Å². The highest BCUT2D eigenvalue weighted by Gasteiger charge is 2.10. The summed E-state index contributed by atoms with van der Waals surface area (Å²) in [5, 5.41) is 0. The monoisotopic (exact) mass is 271 g/mol. The van der Waals surface area contributed by atoms with Crippen LogP contribution < -0.4 is 16.0 Å². The van der Waals surface area contributed by atoms with Crippen LogP contribution in [0.4, 0.5) is 0 Å². The van der Waals surface area contributed by atoms with Crippen molar-refractivity contribution in [3.05, 3.63) is 59.4 Å². The molecule has 0 saturated heterocycles. The van der Waals surface area contributed by atoms with Gasteiger partial charge in [0.1, 0.15) is 5.75 Å². The Hall–Kier alpha value is -1.91. The van der Waals surface area contributed by atoms with Crippen molar-refractivity contribution in [3.63, 3.8) is 0 Å². The molecule has 0 fully saturated rings. The summed E-state index contributed by atoms with van der Waals surface area (Å²) in [5.74, 6) is 6.56. The van der Waals surface area contributed by atoms with Crippen LogP contribution in [0.25, 0.3) is 0 Å². The fraction of sp³-hybridized carbons (Fsp3) is 0.312. The zero-order chi connectivity index (χ0) is 14.4. The fourth-order valence-corrected chi connectivity index (χ4v) is 2.23. The van der Waals surface area contributed by atoms with Gasteiger partial charge in [0.2, 0.25) is 0 Å². The zero-order valence-corrected chi connectivity index (χ0v) is 12.0. The van der Waals surface area contributed by atoms with E-state index in [1.807, 2.05) is 31.3 Å². The zero-order valence-electron chi connectivity index (χ0n) is 12.0. The van der Waals surface area contributed by atoms with Gasteiger partial charge in [-0.3, -0.25) is 16.3 Å². The Kier molecular flexibility index (Phi) is 5.09. The molecule has 20 heavy (non-hydrogen) atoms. The van der Waals surface area contributed by atoms with Crippen molar-refractivity contribution < 1.29 is 4.74 Å². The first-order chi connectivity index (χ1) is 9.72. The minimum absolute atomic E-state index is 0.138. The van der Waals surface area contributed by atoms with Gasteiger partial charge in [0, 0.05) is 17.9 Å². The van der Waals surface area contributed by atoms with Crippen molar-refractivity contribution in [2.24, 2.45) is 5.84 Å². The number of nitrogens with zero attached hydrogens (tertiary/aromatic N) is 1. The Balaban J connectivity index is 1.99. The molecule has 2 rings (SSSR count). The van der Waals surface area contributed by atoms with Crippen molar-refractivity contribution in [1.29, 1.82) is 0 Å². The molecule has 0 radical (unpaired) electrons. The summed E-state index contributed by atoms with van der Waals surface area (Å²) in [6, 6.07) is 12.4. The summed E-state index contributed by atoms with van der Waals surface area (Å²) in [5.41, 5.74) is 6.34. The van der Waals surface area contributed by atoms with E-state index in [1.165, 1.54) is 11.1 Å². The van der Waals surface area contributed by atoms with Crippen LogP contribution in [0.15, 0.2) is 42.6 Å². The number of benzene rings is 1. The second kappa shape index (κ2) is 7.03. The molecule has 0 spiro atoms. The predicted molar refractivity (Wildman–Crippen MR) is 80.4 cm³/mol. The second-order valence-electron chi connectivity index (χ2n) is 4.84. The molecule has 0 saturated carbocycles. The summed E-state index contributed by atoms with van der Waals surface area (Å²) >= 11 is 0. The molecule has 1 heterocycles. The van der Waals surface area contributed by atoms with Crippen LogP contribution in [0.2, 0.25) is 0 Å². The second-order valence-corrected chi connectivity index (χ2v) is 4.84. The van der Waals surface area contributed by atoms with Gasteiger partial charge < -0.3 is 4.74 Å². The summed E-state index contributed by atoms with van der Waals surface area (Å²) in [7, 11) is 1.68. The highest BCUT2D eigenvalue weighted by Crippen LogP contribution is 2.20. The fourth-order valence-electron chi connectivity index (χ4n) is 2.23. The summed E-state index contributed by atoms with van der Waals surface area (Å²) in [4.78, 5) is 4.21. The SMILES string of the molecule is COc1ccc(CCC(NN)c2ccnc(C)c2)cc1. The molecule has 0 aliphatic rings. The van der Waals surface area contributed by atoms with Crippen molar-refractivity contribution in [2.45, 2.75) is 25.8 Å². The summed E-state index contributed by atoms with van der Waals surface area (Å²) < 4.78 is 5.16. The van der Waals surface area contributed by atoms with Crippen molar-refractivity contribution in [1.82, 2.24) is 10.4 Å². The predicted octanol–water partition coefficient (Wildman–Crippen LogP) is 2.54. The van der Waals surface area contributed by atoms with Gasteiger partial charge in [-0.2, -0.15) is 0 Å². The standard InChI is InChI=1S/C16H21N3O/c1-12-11-14(9-10-18-12)16(19-17)8-5-13-3-6-15(20-2)7-4-13/h3-4,6-7,9-11,16,19H,5,8,17H2,1-2H3. The van der Waals surface area contributed by atoms with E-state index in [1.54, 1.807) is 7.11 Å². The van der Waals surface area contributed by atoms with Gasteiger partial charge in [-0.25, -0.2) is 0 Å². The average Bonchev–Trinajstić information content (AvgIpc) is 2.48. The van der Waals surface area contributed by atoms with E-state index in [0.29, 0.717) is 0 Å². The number of aryl methyl sites for hydroxylation is 2. The number of hydrogen-bond acceptors (Lipinski definition) is 4. The Morgan fingerprint density at radius 3 is 2.60 bits per heavy atom. The first-order valence-corrected chi connectivity index (χ1v) is 6.74. The number of pyridine rings is 1. The van der Waals surface area contributed by atoms with Crippen LogP contribution in [-0.2, 0) is 6.42 Å². The molecule has 1 atom stereocenters. The maximum atomic E-state index is 5.67. The quantitative estimate of drug-likeness (QED) is 0.626. The number of rotatable bonds is 6. The van der Waals surface area contributed by atoms with E-state index in [-0.39, 0.29) is 6.04 Å². The van der Waals surface area contributed by atoms with Gasteiger partial charge >= 0.3 is 0 Å². The van der Waals surface area contributed by atoms with E-state index >= 15 is 0 Å². The molecule has 0 amide bonds. The van der Waals surface area contributed by atoms with Crippen molar-refractivity contribution in [2.75, 3.05) is 7.11 Å². The molecule has 106 valence electrons. The largest absolute Gasteiger partial charge is 0.497 e. The molecule has 4 nitrogen and oxygen atoms in total. The highest BCUT2D eigenvalue weighted by atomic mass is 16.5. The maximum Gasteiger partial charge on any atom is 0.118 e. The van der Waals surface area contributed by atoms with E-state index in [0.717, 1.165) is 24.3 Å². The molecule has 0 aliphatic heterocycles. The Labute approximate surface area is 120 Å². The van der Waals surface area contributed by atoms with E-state index in [9.17, 15) is 0 Å². The third kappa shape index (κ3) is 3.79. The molecule has 4 heteroatoms. The third-order valence-electron chi connectivity index (χ3n) is 3.41. The number of nitrogens with two attached hydrogens (primary N) is 1. The van der Waals surface area contributed by atoms with E-state index in [4.69, 9.17) is 10.6 Å². The average molecular weight is 271 g/mol. The summed E-state index contributed by atoms with van der Waals surface area (Å²) in [6.07, 6.45) is 3.72. The van der Waals surface area contributed by atoms with Gasteiger partial charge in [0.15, 0.2) is 0 Å². The number of hydrogen-bond donors (Lipinski definition) is 2. The van der Waals surface area contributed by atoms with Gasteiger partial charge in [-0.1, -0.05) is 12.1 Å². The van der Waals surface area contributed by atoms with Crippen molar-refractivity contribution in [3.8, 4) is 5.75 Å². The number of hydrazine groups is 1. The minimum atomic E-state index is 0.138. The molecule has 1 aromatic carbocycles. The van der Waals surface area contributed by atoms with Gasteiger partial charge in [-0.15, -0.1) is 0 Å². The number of methoxy groups -OCH3 is 1. The Morgan fingerprint density at radius 2 is 2.00 bits per heavy atom. The number of ether oxygens (including phenoxy) is 1. The van der Waals surface area contributed by atoms with E-state index in [2.05, 4.69) is 28.6 Å². The topological polar surface area (TPSA) is 60.2 Å². The minimum Gasteiger partial charge on any atom is -0.497 e. The van der Waals surface area contributed by atoms with Gasteiger partial charge in [0.25, 0.3) is 0 Å². The molecule has 1 unspecified atom stereocenters. The lowest BCUT2D eigenvalue weighted by Gasteiger charge is -2.16. The molecule has 2 aromatic rings. The number of aromatic nitrogens is 1. The lowest BCUT2D eigenvalue weighted by molar-refractivity contribution is 0.414. The van der Waals surface area contributed by atoms with Gasteiger partial charge in [-0.05, 0) is 55.2 Å². The smallest absolute Gasteiger partial charge is 0.118 e. The lowest BCUT2D eigenvalue weighted by Crippen LogP contribution is -2.28. The van der Waals surface area contributed by atoms with Crippen LogP contribution >= 0.6 is 0 Å². The first kappa shape index (κ1) is 14.5. The van der Waals surface area contributed by atoms with Gasteiger partial charge in [0.05, 0.1) is 7.11 Å². The molecular formula is C16H21N3O. The molecule has 0 bridgehead atoms. The van der Waals surface area contributed by atoms with Crippen LogP contribution in [0.1, 0.15) is 29.3 Å². The first-order valence-electron chi connectivity index (χ1n) is 6.74. The molecule has 0 aliphatic carbocycles. The summed E-state index contributed by atoms with van der Waals surface area (Å²) in [6.45, 7) is 1.99. The number of nitrogens with one attached hydrogen (secondary N) is 1. The van der Waals surface area contributed by atoms with Crippen LogP contribution in [0.3, 0.4) is 0 Å². The van der Waals surface area contributed by atoms with Crippen LogP contribution in [0.5, 0.6) is 5.75 Å².